The fraction of sp³-hybridized carbons (Fsp3) is 0.278. The number of nitrogens with one attached hydrogen (secondary N) is 2. The van der Waals surface area contributed by atoms with Gasteiger partial charge in [0.2, 0.25) is 0 Å². The highest BCUT2D eigenvalue weighted by molar-refractivity contribution is 14.0. The van der Waals surface area contributed by atoms with Crippen molar-refractivity contribution >= 4 is 47.2 Å². The van der Waals surface area contributed by atoms with Crippen molar-refractivity contribution in [3.05, 3.63) is 68.7 Å². The van der Waals surface area contributed by atoms with Crippen LogP contribution >= 0.6 is 35.6 Å². The zero-order valence-corrected chi connectivity index (χ0v) is 18.2. The Bertz CT molecular complexity index is 802. The van der Waals surface area contributed by atoms with E-state index in [0.717, 1.165) is 5.56 Å². The first-order valence-corrected chi connectivity index (χ1v) is 8.42. The third-order valence-corrected chi connectivity index (χ3v) is 4.16. The van der Waals surface area contributed by atoms with Crippen molar-refractivity contribution in [1.82, 2.24) is 10.6 Å². The molecule has 2 rings (SSSR count). The quantitative estimate of drug-likeness (QED) is 0.197. The van der Waals surface area contributed by atoms with Crippen LogP contribution in [-0.2, 0) is 13.0 Å². The van der Waals surface area contributed by atoms with Crippen LogP contribution in [0.5, 0.6) is 5.75 Å². The van der Waals surface area contributed by atoms with Gasteiger partial charge < -0.3 is 15.4 Å². The van der Waals surface area contributed by atoms with Crippen LogP contribution in [-0.4, -0.2) is 31.6 Å². The summed E-state index contributed by atoms with van der Waals surface area (Å²) >= 11 is 6.23. The zero-order valence-electron chi connectivity index (χ0n) is 15.1. The Hall–Kier alpha value is -2.07. The van der Waals surface area contributed by atoms with Gasteiger partial charge in [0.05, 0.1) is 12.0 Å². The standard InChI is InChI=1S/C18H21ClN4O3.HI/c1-20-18(22-12-14-5-3-4-6-17(14)23(24)25)21-10-9-13-7-8-15(26-2)11-16(13)19;/h3-8,11H,9-10,12H2,1-2H3,(H2,20,21,22);1H. The van der Waals surface area contributed by atoms with Crippen molar-refractivity contribution < 1.29 is 9.66 Å². The first kappa shape index (κ1) is 23.0. The van der Waals surface area contributed by atoms with Gasteiger partial charge in [0, 0.05) is 36.8 Å². The largest absolute Gasteiger partial charge is 0.497 e. The minimum Gasteiger partial charge on any atom is -0.497 e. The molecule has 7 nitrogen and oxygen atoms in total. The Morgan fingerprint density at radius 2 is 1.96 bits per heavy atom. The summed E-state index contributed by atoms with van der Waals surface area (Å²) in [6, 6.07) is 12.2. The van der Waals surface area contributed by atoms with Crippen molar-refractivity contribution in [2.75, 3.05) is 20.7 Å². The molecule has 0 saturated heterocycles. The minimum absolute atomic E-state index is 0. The lowest BCUT2D eigenvalue weighted by molar-refractivity contribution is -0.385. The van der Waals surface area contributed by atoms with Gasteiger partial charge in [0.25, 0.3) is 5.69 Å². The maximum absolute atomic E-state index is 11.1. The maximum Gasteiger partial charge on any atom is 0.274 e. The van der Waals surface area contributed by atoms with Crippen LogP contribution in [0.3, 0.4) is 0 Å². The molecule has 0 radical (unpaired) electrons. The SMILES string of the molecule is CN=C(NCCc1ccc(OC)cc1Cl)NCc1ccccc1[N+](=O)[O-].I. The van der Waals surface area contributed by atoms with E-state index >= 15 is 0 Å². The summed E-state index contributed by atoms with van der Waals surface area (Å²) in [5.74, 6) is 1.28. The van der Waals surface area contributed by atoms with E-state index in [0.29, 0.717) is 41.8 Å². The van der Waals surface area contributed by atoms with Gasteiger partial charge in [0.1, 0.15) is 5.75 Å². The number of aliphatic imine (C=N–C) groups is 1. The van der Waals surface area contributed by atoms with Gasteiger partial charge in [-0.1, -0.05) is 35.9 Å². The predicted molar refractivity (Wildman–Crippen MR) is 118 cm³/mol. The number of para-hydroxylation sites is 1. The van der Waals surface area contributed by atoms with E-state index in [-0.39, 0.29) is 29.7 Å². The molecule has 2 aromatic carbocycles. The Labute approximate surface area is 180 Å². The number of halogens is 2. The first-order valence-electron chi connectivity index (χ1n) is 8.04. The summed E-state index contributed by atoms with van der Waals surface area (Å²) < 4.78 is 5.13. The van der Waals surface area contributed by atoms with Crippen molar-refractivity contribution in [1.29, 1.82) is 0 Å². The van der Waals surface area contributed by atoms with Gasteiger partial charge in [-0.25, -0.2) is 0 Å². The fourth-order valence-corrected chi connectivity index (χ4v) is 2.68. The highest BCUT2D eigenvalue weighted by Crippen LogP contribution is 2.22. The number of rotatable bonds is 7. The van der Waals surface area contributed by atoms with Crippen molar-refractivity contribution in [2.45, 2.75) is 13.0 Å². The zero-order chi connectivity index (χ0) is 18.9. The fourth-order valence-electron chi connectivity index (χ4n) is 2.41. The molecular weight excluding hydrogens is 483 g/mol. The van der Waals surface area contributed by atoms with Crippen LogP contribution in [0.1, 0.15) is 11.1 Å². The molecule has 0 heterocycles. The molecule has 146 valence electrons. The molecule has 0 saturated carbocycles. The van der Waals surface area contributed by atoms with Gasteiger partial charge in [-0.15, -0.1) is 24.0 Å². The van der Waals surface area contributed by atoms with Gasteiger partial charge >= 0.3 is 0 Å². The number of nitrogens with zero attached hydrogens (tertiary/aromatic N) is 2. The molecule has 0 fully saturated rings. The molecule has 27 heavy (non-hydrogen) atoms. The first-order chi connectivity index (χ1) is 12.5. The normalized spacial score (nSPS) is 10.7. The molecule has 0 bridgehead atoms. The second kappa shape index (κ2) is 11.6. The summed E-state index contributed by atoms with van der Waals surface area (Å²) in [5, 5.41) is 18.0. The van der Waals surface area contributed by atoms with E-state index in [1.54, 1.807) is 38.4 Å². The third kappa shape index (κ3) is 6.87. The molecule has 0 aromatic heterocycles. The lowest BCUT2D eigenvalue weighted by Crippen LogP contribution is -2.38. The van der Waals surface area contributed by atoms with Crippen LogP contribution in [0.15, 0.2) is 47.5 Å². The van der Waals surface area contributed by atoms with Gasteiger partial charge in [-0.05, 0) is 24.1 Å². The Balaban J connectivity index is 0.00000364. The molecular formula is C18H22ClIN4O3. The second-order valence-corrected chi connectivity index (χ2v) is 5.85. The number of benzene rings is 2. The summed E-state index contributed by atoms with van der Waals surface area (Å²) in [4.78, 5) is 14.8. The van der Waals surface area contributed by atoms with Gasteiger partial charge in [-0.3, -0.25) is 15.1 Å². The topological polar surface area (TPSA) is 88.8 Å². The van der Waals surface area contributed by atoms with E-state index in [1.165, 1.54) is 6.07 Å². The van der Waals surface area contributed by atoms with E-state index in [9.17, 15) is 10.1 Å². The van der Waals surface area contributed by atoms with Crippen molar-refractivity contribution in [3.8, 4) is 5.75 Å². The summed E-state index contributed by atoms with van der Waals surface area (Å²) in [5.41, 5.74) is 1.67. The molecule has 0 aliphatic heterocycles. The van der Waals surface area contributed by atoms with E-state index < -0.39 is 4.92 Å². The van der Waals surface area contributed by atoms with Crippen LogP contribution in [0.25, 0.3) is 0 Å². The minimum atomic E-state index is -0.390. The average Bonchev–Trinajstić information content (AvgIpc) is 2.65. The Morgan fingerprint density at radius 3 is 2.59 bits per heavy atom. The lowest BCUT2D eigenvalue weighted by atomic mass is 10.1. The monoisotopic (exact) mass is 504 g/mol. The number of methoxy groups -OCH3 is 1. The summed E-state index contributed by atoms with van der Waals surface area (Å²) in [6.45, 7) is 0.919. The highest BCUT2D eigenvalue weighted by Gasteiger charge is 2.12. The maximum atomic E-state index is 11.1. The molecule has 0 unspecified atom stereocenters. The van der Waals surface area contributed by atoms with Crippen LogP contribution in [0, 0.1) is 10.1 Å². The Morgan fingerprint density at radius 1 is 1.22 bits per heavy atom. The van der Waals surface area contributed by atoms with Crippen LogP contribution in [0.4, 0.5) is 5.69 Å². The van der Waals surface area contributed by atoms with Crippen molar-refractivity contribution in [2.24, 2.45) is 4.99 Å². The smallest absolute Gasteiger partial charge is 0.274 e. The van der Waals surface area contributed by atoms with E-state index in [2.05, 4.69) is 15.6 Å². The number of nitro groups is 1. The third-order valence-electron chi connectivity index (χ3n) is 3.81. The van der Waals surface area contributed by atoms with E-state index in [1.807, 2.05) is 12.1 Å². The number of hydrogen-bond donors (Lipinski definition) is 2. The van der Waals surface area contributed by atoms with Gasteiger partial charge in [0.15, 0.2) is 5.96 Å². The van der Waals surface area contributed by atoms with E-state index in [4.69, 9.17) is 16.3 Å². The highest BCUT2D eigenvalue weighted by atomic mass is 127. The summed E-state index contributed by atoms with van der Waals surface area (Å²) in [7, 11) is 3.24. The molecule has 0 aliphatic carbocycles. The summed E-state index contributed by atoms with van der Waals surface area (Å²) in [6.07, 6.45) is 0.703. The number of guanidine groups is 1. The van der Waals surface area contributed by atoms with Crippen LogP contribution in [0.2, 0.25) is 5.02 Å². The molecule has 0 spiro atoms. The number of nitro benzene ring substituents is 1. The second-order valence-electron chi connectivity index (χ2n) is 5.45. The number of ether oxygens (including phenoxy) is 1. The lowest BCUT2D eigenvalue weighted by Gasteiger charge is -2.13. The molecule has 0 amide bonds. The molecule has 2 N–H and O–H groups in total. The average molecular weight is 505 g/mol. The molecule has 2 aromatic rings. The molecule has 9 heteroatoms. The predicted octanol–water partition coefficient (Wildman–Crippen LogP) is 3.78. The Kier molecular flexibility index (Phi) is 9.87. The van der Waals surface area contributed by atoms with Crippen LogP contribution < -0.4 is 15.4 Å². The van der Waals surface area contributed by atoms with Crippen molar-refractivity contribution in [3.63, 3.8) is 0 Å². The molecule has 0 aliphatic rings. The molecule has 0 atom stereocenters. The number of hydrogen-bond acceptors (Lipinski definition) is 4. The van der Waals surface area contributed by atoms with Gasteiger partial charge in [-0.2, -0.15) is 0 Å².